The van der Waals surface area contributed by atoms with Crippen LogP contribution in [0.25, 0.3) is 0 Å². The maximum Gasteiger partial charge on any atom is 0.308 e. The number of carbonyl (C=O) groups is 1. The molecule has 0 radical (unpaired) electrons. The minimum Gasteiger partial charge on any atom is -0.466 e. The van der Waals surface area contributed by atoms with E-state index in [9.17, 15) is 4.79 Å². The Bertz CT molecular complexity index is 441. The highest BCUT2D eigenvalue weighted by molar-refractivity contribution is 5.80. The molecule has 2 aliphatic rings. The van der Waals surface area contributed by atoms with E-state index < -0.39 is 0 Å². The van der Waals surface area contributed by atoms with Gasteiger partial charge in [-0.2, -0.15) is 0 Å². The number of likely N-dealkylation sites (N-methyl/N-ethyl adjacent to an activating group) is 1. The minimum atomic E-state index is -0.0264. The molecular formula is C20H38N4O2. The number of rotatable bonds is 8. The van der Waals surface area contributed by atoms with Crippen LogP contribution in [0.5, 0.6) is 0 Å². The molecule has 0 heterocycles. The number of nitrogens with zero attached hydrogens (tertiary/aromatic N) is 2. The summed E-state index contributed by atoms with van der Waals surface area (Å²) in [6.45, 7) is 7.14. The fourth-order valence-corrected chi connectivity index (χ4v) is 4.09. The molecule has 6 nitrogen and oxygen atoms in total. The fraction of sp³-hybridized carbons (Fsp3) is 0.900. The first-order valence-corrected chi connectivity index (χ1v) is 10.6. The summed E-state index contributed by atoms with van der Waals surface area (Å²) in [5.41, 5.74) is 0. The van der Waals surface area contributed by atoms with Gasteiger partial charge in [-0.3, -0.25) is 9.79 Å². The highest BCUT2D eigenvalue weighted by Crippen LogP contribution is 2.25. The number of guanidine groups is 1. The number of aliphatic imine (C=N–C) groups is 1. The lowest BCUT2D eigenvalue weighted by molar-refractivity contribution is -0.149. The predicted octanol–water partition coefficient (Wildman–Crippen LogP) is 2.54. The van der Waals surface area contributed by atoms with E-state index in [1.54, 1.807) is 0 Å². The predicted molar refractivity (Wildman–Crippen MR) is 106 cm³/mol. The molecule has 0 aromatic carbocycles. The van der Waals surface area contributed by atoms with Crippen molar-refractivity contribution in [2.75, 3.05) is 33.3 Å². The summed E-state index contributed by atoms with van der Waals surface area (Å²) in [4.78, 5) is 19.1. The van der Waals surface area contributed by atoms with Gasteiger partial charge >= 0.3 is 5.97 Å². The quantitative estimate of drug-likeness (QED) is 0.393. The Kier molecular flexibility index (Phi) is 9.23. The first-order chi connectivity index (χ1) is 12.6. The van der Waals surface area contributed by atoms with Gasteiger partial charge in [0.1, 0.15) is 0 Å². The molecule has 0 unspecified atom stereocenters. The third-order valence-corrected chi connectivity index (χ3v) is 5.70. The Labute approximate surface area is 159 Å². The van der Waals surface area contributed by atoms with E-state index in [0.29, 0.717) is 12.6 Å². The fourth-order valence-electron chi connectivity index (χ4n) is 4.09. The molecule has 0 saturated heterocycles. The Balaban J connectivity index is 1.74. The summed E-state index contributed by atoms with van der Waals surface area (Å²) >= 11 is 0. The van der Waals surface area contributed by atoms with Crippen LogP contribution in [0.4, 0.5) is 0 Å². The molecule has 2 fully saturated rings. The summed E-state index contributed by atoms with van der Waals surface area (Å²) in [6.07, 6.45) is 9.21. The zero-order valence-electron chi connectivity index (χ0n) is 16.9. The summed E-state index contributed by atoms with van der Waals surface area (Å²) in [6, 6.07) is 1.14. The number of ether oxygens (including phenoxy) is 1. The summed E-state index contributed by atoms with van der Waals surface area (Å²) in [5, 5.41) is 6.92. The van der Waals surface area contributed by atoms with Crippen LogP contribution in [0.2, 0.25) is 0 Å². The lowest BCUT2D eigenvalue weighted by atomic mass is 9.86. The van der Waals surface area contributed by atoms with Crippen LogP contribution >= 0.6 is 0 Å². The highest BCUT2D eigenvalue weighted by atomic mass is 16.5. The molecule has 0 amide bonds. The number of esters is 1. The first kappa shape index (κ1) is 21.0. The van der Waals surface area contributed by atoms with Crippen molar-refractivity contribution in [1.82, 2.24) is 15.5 Å². The zero-order chi connectivity index (χ0) is 18.8. The average Bonchev–Trinajstić information content (AvgIpc) is 3.17. The van der Waals surface area contributed by atoms with Crippen LogP contribution in [-0.2, 0) is 9.53 Å². The second kappa shape index (κ2) is 11.4. The van der Waals surface area contributed by atoms with Gasteiger partial charge in [0.15, 0.2) is 5.96 Å². The van der Waals surface area contributed by atoms with E-state index in [-0.39, 0.29) is 11.9 Å². The van der Waals surface area contributed by atoms with E-state index >= 15 is 0 Å². The molecule has 26 heavy (non-hydrogen) atoms. The lowest BCUT2D eigenvalue weighted by Crippen LogP contribution is -2.45. The van der Waals surface area contributed by atoms with Crippen LogP contribution in [0.1, 0.15) is 65.2 Å². The molecule has 0 spiro atoms. The van der Waals surface area contributed by atoms with Gasteiger partial charge in [0.25, 0.3) is 0 Å². The molecule has 0 aliphatic heterocycles. The van der Waals surface area contributed by atoms with Crippen LogP contribution in [0.3, 0.4) is 0 Å². The third kappa shape index (κ3) is 6.78. The smallest absolute Gasteiger partial charge is 0.308 e. The van der Waals surface area contributed by atoms with Gasteiger partial charge in [-0.25, -0.2) is 0 Å². The molecule has 0 aromatic heterocycles. The van der Waals surface area contributed by atoms with Crippen molar-refractivity contribution in [2.45, 2.75) is 77.3 Å². The molecule has 2 N–H and O–H groups in total. The van der Waals surface area contributed by atoms with Crippen molar-refractivity contribution >= 4 is 11.9 Å². The van der Waals surface area contributed by atoms with Gasteiger partial charge in [0, 0.05) is 25.2 Å². The number of hydrogen-bond acceptors (Lipinski definition) is 4. The lowest BCUT2D eigenvalue weighted by Gasteiger charge is -2.29. The molecular weight excluding hydrogens is 328 g/mol. The second-order valence-electron chi connectivity index (χ2n) is 7.62. The van der Waals surface area contributed by atoms with Gasteiger partial charge in [-0.05, 0) is 59.4 Å². The Hall–Kier alpha value is -1.30. The second-order valence-corrected chi connectivity index (χ2v) is 7.62. The number of nitrogens with one attached hydrogen (secondary N) is 2. The van der Waals surface area contributed by atoms with E-state index in [0.717, 1.165) is 57.3 Å². The van der Waals surface area contributed by atoms with E-state index in [1.165, 1.54) is 25.7 Å². The van der Waals surface area contributed by atoms with Gasteiger partial charge in [0.05, 0.1) is 19.1 Å². The van der Waals surface area contributed by atoms with Crippen LogP contribution in [-0.4, -0.2) is 62.2 Å². The van der Waals surface area contributed by atoms with E-state index in [4.69, 9.17) is 9.73 Å². The normalized spacial score (nSPS) is 24.7. The summed E-state index contributed by atoms with van der Waals surface area (Å²) < 4.78 is 5.15. The third-order valence-electron chi connectivity index (χ3n) is 5.70. The minimum absolute atomic E-state index is 0.0264. The summed E-state index contributed by atoms with van der Waals surface area (Å²) in [5.74, 6) is 0.959. The van der Waals surface area contributed by atoms with Crippen molar-refractivity contribution in [3.05, 3.63) is 0 Å². The highest BCUT2D eigenvalue weighted by Gasteiger charge is 2.27. The molecule has 150 valence electrons. The maximum atomic E-state index is 11.9. The van der Waals surface area contributed by atoms with Crippen LogP contribution < -0.4 is 10.6 Å². The van der Waals surface area contributed by atoms with Crippen LogP contribution in [0.15, 0.2) is 4.99 Å². The van der Waals surface area contributed by atoms with Gasteiger partial charge < -0.3 is 20.3 Å². The molecule has 2 rings (SSSR count). The molecule has 0 bridgehead atoms. The monoisotopic (exact) mass is 366 g/mol. The molecule has 2 saturated carbocycles. The van der Waals surface area contributed by atoms with E-state index in [1.807, 2.05) is 6.92 Å². The SMILES string of the molecule is CCNC(=NCCN(C)C1CCCC1)NC1CCC(C(=O)OCC)CC1. The molecule has 6 heteroatoms. The van der Waals surface area contributed by atoms with Gasteiger partial charge in [-0.1, -0.05) is 12.8 Å². The average molecular weight is 367 g/mol. The van der Waals surface area contributed by atoms with Crippen LogP contribution in [0, 0.1) is 5.92 Å². The molecule has 0 atom stereocenters. The van der Waals surface area contributed by atoms with Gasteiger partial charge in [-0.15, -0.1) is 0 Å². The van der Waals surface area contributed by atoms with Crippen molar-refractivity contribution in [3.8, 4) is 0 Å². The van der Waals surface area contributed by atoms with Crippen molar-refractivity contribution in [3.63, 3.8) is 0 Å². The zero-order valence-corrected chi connectivity index (χ0v) is 16.9. The van der Waals surface area contributed by atoms with Gasteiger partial charge in [0.2, 0.25) is 0 Å². The Morgan fingerprint density at radius 1 is 1.12 bits per heavy atom. The first-order valence-electron chi connectivity index (χ1n) is 10.6. The Morgan fingerprint density at radius 2 is 1.81 bits per heavy atom. The molecule has 2 aliphatic carbocycles. The standard InChI is InChI=1S/C20H38N4O2/c1-4-21-20(22-14-15-24(3)18-8-6-7-9-18)23-17-12-10-16(11-13-17)19(25)26-5-2/h16-18H,4-15H2,1-3H3,(H2,21,22,23). The largest absolute Gasteiger partial charge is 0.466 e. The number of hydrogen-bond donors (Lipinski definition) is 2. The maximum absolute atomic E-state index is 11.9. The molecule has 0 aromatic rings. The number of carbonyl (C=O) groups excluding carboxylic acids is 1. The van der Waals surface area contributed by atoms with Crippen molar-refractivity contribution < 1.29 is 9.53 Å². The van der Waals surface area contributed by atoms with Crippen molar-refractivity contribution in [2.24, 2.45) is 10.9 Å². The van der Waals surface area contributed by atoms with Crippen molar-refractivity contribution in [1.29, 1.82) is 0 Å². The Morgan fingerprint density at radius 3 is 2.42 bits per heavy atom. The summed E-state index contributed by atoms with van der Waals surface area (Å²) in [7, 11) is 2.22. The topological polar surface area (TPSA) is 66.0 Å². The van der Waals surface area contributed by atoms with E-state index in [2.05, 4.69) is 29.5 Å².